The van der Waals surface area contributed by atoms with Crippen LogP contribution >= 0.6 is 15.9 Å². The highest BCUT2D eigenvalue weighted by Crippen LogP contribution is 2.16. The Morgan fingerprint density at radius 3 is 2.82 bits per heavy atom. The second-order valence-corrected chi connectivity index (χ2v) is 4.65. The summed E-state index contributed by atoms with van der Waals surface area (Å²) in [4.78, 5) is 24.6. The molecule has 1 heterocycles. The number of amides is 2. The molecule has 2 amide bonds. The van der Waals surface area contributed by atoms with Gasteiger partial charge in [-0.15, -0.1) is 0 Å². The van der Waals surface area contributed by atoms with Crippen molar-refractivity contribution in [3.8, 4) is 0 Å². The van der Waals surface area contributed by atoms with E-state index in [1.54, 1.807) is 0 Å². The number of carbonyl (C=O) groups excluding carboxylic acids is 2. The third-order valence-corrected chi connectivity index (χ3v) is 2.89. The molecule has 1 saturated heterocycles. The van der Waals surface area contributed by atoms with Gasteiger partial charge in [-0.3, -0.25) is 9.59 Å². The summed E-state index contributed by atoms with van der Waals surface area (Å²) >= 11 is 3.13. The second-order valence-electron chi connectivity index (χ2n) is 3.73. The Kier molecular flexibility index (Phi) is 3.42. The van der Waals surface area contributed by atoms with Crippen LogP contribution in [0.3, 0.4) is 0 Å². The van der Waals surface area contributed by atoms with Crippen molar-refractivity contribution in [3.63, 3.8) is 0 Å². The van der Waals surface area contributed by atoms with E-state index in [0.717, 1.165) is 0 Å². The Bertz CT molecular complexity index is 458. The van der Waals surface area contributed by atoms with Crippen LogP contribution in [0, 0.1) is 5.82 Å². The zero-order chi connectivity index (χ0) is 12.4. The lowest BCUT2D eigenvalue weighted by Gasteiger charge is -2.26. The maximum atomic E-state index is 13.2. The molecule has 17 heavy (non-hydrogen) atoms. The molecular formula is C11H10BrFN2O2. The summed E-state index contributed by atoms with van der Waals surface area (Å²) in [6, 6.07) is 3.98. The van der Waals surface area contributed by atoms with Crippen molar-refractivity contribution in [2.75, 3.05) is 19.6 Å². The van der Waals surface area contributed by atoms with Crippen LogP contribution in [0.4, 0.5) is 4.39 Å². The van der Waals surface area contributed by atoms with E-state index in [2.05, 4.69) is 21.2 Å². The van der Waals surface area contributed by atoms with E-state index in [9.17, 15) is 14.0 Å². The molecule has 0 radical (unpaired) electrons. The number of nitrogens with zero attached hydrogens (tertiary/aromatic N) is 1. The fraction of sp³-hybridized carbons (Fsp3) is 0.273. The highest BCUT2D eigenvalue weighted by Gasteiger charge is 2.22. The molecule has 0 aromatic heterocycles. The van der Waals surface area contributed by atoms with E-state index in [0.29, 0.717) is 17.6 Å². The van der Waals surface area contributed by atoms with E-state index < -0.39 is 5.82 Å². The van der Waals surface area contributed by atoms with Crippen LogP contribution in [0.15, 0.2) is 22.7 Å². The molecule has 0 atom stereocenters. The monoisotopic (exact) mass is 300 g/mol. The number of carbonyl (C=O) groups is 2. The normalized spacial score (nSPS) is 15.6. The molecule has 1 aromatic carbocycles. The number of nitrogens with one attached hydrogen (secondary N) is 1. The minimum absolute atomic E-state index is 0.0208. The number of halogens is 2. The van der Waals surface area contributed by atoms with Gasteiger partial charge in [0, 0.05) is 23.1 Å². The molecule has 1 aromatic rings. The minimum Gasteiger partial charge on any atom is -0.353 e. The quantitative estimate of drug-likeness (QED) is 0.846. The summed E-state index contributed by atoms with van der Waals surface area (Å²) in [6.45, 7) is 0.896. The molecule has 6 heteroatoms. The first kappa shape index (κ1) is 12.0. The Hall–Kier alpha value is -1.43. The van der Waals surface area contributed by atoms with Crippen molar-refractivity contribution in [3.05, 3.63) is 34.1 Å². The lowest BCUT2D eigenvalue weighted by molar-refractivity contribution is -0.123. The number of benzene rings is 1. The van der Waals surface area contributed by atoms with Crippen LogP contribution in [0.2, 0.25) is 0 Å². The molecular weight excluding hydrogens is 291 g/mol. The average molecular weight is 301 g/mol. The SMILES string of the molecule is O=C1CN(C(=O)c2cc(F)cc(Br)c2)CCN1. The Morgan fingerprint density at radius 2 is 2.18 bits per heavy atom. The van der Waals surface area contributed by atoms with Crippen LogP contribution in [0.25, 0.3) is 0 Å². The molecule has 90 valence electrons. The molecule has 0 spiro atoms. The fourth-order valence-corrected chi connectivity index (χ4v) is 2.14. The van der Waals surface area contributed by atoms with Gasteiger partial charge >= 0.3 is 0 Å². The smallest absolute Gasteiger partial charge is 0.254 e. The minimum atomic E-state index is -0.482. The van der Waals surface area contributed by atoms with Crippen molar-refractivity contribution < 1.29 is 14.0 Å². The molecule has 0 aliphatic carbocycles. The van der Waals surface area contributed by atoms with E-state index in [-0.39, 0.29) is 23.9 Å². The Labute approximate surface area is 106 Å². The number of hydrogen-bond donors (Lipinski definition) is 1. The zero-order valence-corrected chi connectivity index (χ0v) is 10.5. The van der Waals surface area contributed by atoms with Crippen LogP contribution in [0.1, 0.15) is 10.4 Å². The van der Waals surface area contributed by atoms with Gasteiger partial charge in [-0.2, -0.15) is 0 Å². The highest BCUT2D eigenvalue weighted by molar-refractivity contribution is 9.10. The summed E-state index contributed by atoms with van der Waals surface area (Å²) in [5.41, 5.74) is 0.242. The number of rotatable bonds is 1. The molecule has 4 nitrogen and oxygen atoms in total. The van der Waals surface area contributed by atoms with Crippen molar-refractivity contribution in [1.82, 2.24) is 10.2 Å². The summed E-state index contributed by atoms with van der Waals surface area (Å²) in [5, 5.41) is 2.62. The standard InChI is InChI=1S/C11H10BrFN2O2/c12-8-3-7(4-9(13)5-8)11(17)15-2-1-14-10(16)6-15/h3-5H,1-2,6H2,(H,14,16). The largest absolute Gasteiger partial charge is 0.353 e. The van der Waals surface area contributed by atoms with Crippen LogP contribution in [-0.2, 0) is 4.79 Å². The predicted octanol–water partition coefficient (Wildman–Crippen LogP) is 1.16. The van der Waals surface area contributed by atoms with Crippen LogP contribution < -0.4 is 5.32 Å². The number of piperazine rings is 1. The fourth-order valence-electron chi connectivity index (χ4n) is 1.67. The molecule has 1 aliphatic rings. The van der Waals surface area contributed by atoms with Crippen molar-refractivity contribution in [2.45, 2.75) is 0 Å². The molecule has 2 rings (SSSR count). The Balaban J connectivity index is 2.21. The topological polar surface area (TPSA) is 49.4 Å². The molecule has 0 saturated carbocycles. The van der Waals surface area contributed by atoms with Crippen molar-refractivity contribution in [2.24, 2.45) is 0 Å². The molecule has 1 fully saturated rings. The third-order valence-electron chi connectivity index (χ3n) is 2.44. The maximum absolute atomic E-state index is 13.2. The van der Waals surface area contributed by atoms with Gasteiger partial charge in [0.05, 0.1) is 6.54 Å². The molecule has 1 N–H and O–H groups in total. The highest BCUT2D eigenvalue weighted by atomic mass is 79.9. The lowest BCUT2D eigenvalue weighted by Crippen LogP contribution is -2.49. The van der Waals surface area contributed by atoms with Gasteiger partial charge in [0.25, 0.3) is 5.91 Å². The first-order valence-corrected chi connectivity index (χ1v) is 5.87. The molecule has 1 aliphatic heterocycles. The van der Waals surface area contributed by atoms with E-state index >= 15 is 0 Å². The molecule has 0 unspecified atom stereocenters. The van der Waals surface area contributed by atoms with Crippen LogP contribution in [-0.4, -0.2) is 36.3 Å². The van der Waals surface area contributed by atoms with E-state index in [1.165, 1.54) is 23.1 Å². The summed E-state index contributed by atoms with van der Waals surface area (Å²) in [6.07, 6.45) is 0. The lowest BCUT2D eigenvalue weighted by atomic mass is 10.2. The van der Waals surface area contributed by atoms with Gasteiger partial charge in [-0.25, -0.2) is 4.39 Å². The van der Waals surface area contributed by atoms with E-state index in [4.69, 9.17) is 0 Å². The maximum Gasteiger partial charge on any atom is 0.254 e. The van der Waals surface area contributed by atoms with Gasteiger partial charge in [-0.05, 0) is 18.2 Å². The predicted molar refractivity (Wildman–Crippen MR) is 63.0 cm³/mol. The average Bonchev–Trinajstić information content (AvgIpc) is 2.26. The summed E-state index contributed by atoms with van der Waals surface area (Å²) < 4.78 is 13.7. The van der Waals surface area contributed by atoms with Gasteiger partial charge < -0.3 is 10.2 Å². The number of hydrogen-bond acceptors (Lipinski definition) is 2. The summed E-state index contributed by atoms with van der Waals surface area (Å²) in [7, 11) is 0. The Morgan fingerprint density at radius 1 is 1.41 bits per heavy atom. The van der Waals surface area contributed by atoms with E-state index in [1.807, 2.05) is 0 Å². The summed E-state index contributed by atoms with van der Waals surface area (Å²) in [5.74, 6) is -1.01. The van der Waals surface area contributed by atoms with Gasteiger partial charge in [0.15, 0.2) is 0 Å². The third kappa shape index (κ3) is 2.82. The van der Waals surface area contributed by atoms with Gasteiger partial charge in [0.1, 0.15) is 5.82 Å². The van der Waals surface area contributed by atoms with Gasteiger partial charge in [-0.1, -0.05) is 15.9 Å². The zero-order valence-electron chi connectivity index (χ0n) is 8.87. The van der Waals surface area contributed by atoms with Crippen LogP contribution in [0.5, 0.6) is 0 Å². The van der Waals surface area contributed by atoms with Crippen molar-refractivity contribution in [1.29, 1.82) is 0 Å². The van der Waals surface area contributed by atoms with Crippen molar-refractivity contribution >= 4 is 27.7 Å². The molecule has 0 bridgehead atoms. The second kappa shape index (κ2) is 4.83. The first-order valence-electron chi connectivity index (χ1n) is 5.08. The van der Waals surface area contributed by atoms with Gasteiger partial charge in [0.2, 0.25) is 5.91 Å². The first-order chi connectivity index (χ1) is 8.06.